The second kappa shape index (κ2) is 6.01. The molecule has 0 radical (unpaired) electrons. The second-order valence-electron chi connectivity index (χ2n) is 4.21. The minimum absolute atomic E-state index is 0.00725. The van der Waals surface area contributed by atoms with Crippen molar-refractivity contribution in [3.63, 3.8) is 0 Å². The molecule has 1 aliphatic heterocycles. The summed E-state index contributed by atoms with van der Waals surface area (Å²) in [5, 5.41) is 12.3. The molecule has 0 aliphatic carbocycles. The lowest BCUT2D eigenvalue weighted by Gasteiger charge is -2.16. The van der Waals surface area contributed by atoms with Crippen molar-refractivity contribution in [2.45, 2.75) is 12.0 Å². The zero-order chi connectivity index (χ0) is 15.6. The molecule has 0 bridgehead atoms. The summed E-state index contributed by atoms with van der Waals surface area (Å²) in [6.45, 7) is 0. The predicted molar refractivity (Wildman–Crippen MR) is 71.7 cm³/mol. The Morgan fingerprint density at radius 3 is 2.38 bits per heavy atom. The maximum atomic E-state index is 11.8. The summed E-state index contributed by atoms with van der Waals surface area (Å²) < 4.78 is 9.16. The maximum absolute atomic E-state index is 11.8. The van der Waals surface area contributed by atoms with Crippen molar-refractivity contribution in [1.29, 1.82) is 0 Å². The number of hydrogen-bond donors (Lipinski definition) is 0. The largest absolute Gasteiger partial charge is 0.468 e. The van der Waals surface area contributed by atoms with Gasteiger partial charge in [0.25, 0.3) is 0 Å². The standard InChI is InChI=1S/C13H12ClNO6/c1-19-12(16)10-9(7-3-5-8(14)6-4-7)11(13(17)20-2)21-15(10)18/h3-6,9,11H,1-2H3/t9-,11-/m1/s1. The highest BCUT2D eigenvalue weighted by atomic mass is 35.5. The first-order chi connectivity index (χ1) is 9.99. The molecule has 0 saturated carbocycles. The molecule has 0 aromatic heterocycles. The van der Waals surface area contributed by atoms with E-state index in [2.05, 4.69) is 9.47 Å². The van der Waals surface area contributed by atoms with E-state index < -0.39 is 24.0 Å². The molecule has 1 aliphatic rings. The van der Waals surface area contributed by atoms with Crippen molar-refractivity contribution in [3.8, 4) is 0 Å². The van der Waals surface area contributed by atoms with Crippen LogP contribution in [0.5, 0.6) is 0 Å². The smallest absolute Gasteiger partial charge is 0.405 e. The van der Waals surface area contributed by atoms with Gasteiger partial charge in [0.15, 0.2) is 6.10 Å². The molecule has 0 unspecified atom stereocenters. The van der Waals surface area contributed by atoms with Crippen molar-refractivity contribution in [2.75, 3.05) is 14.2 Å². The number of hydrogen-bond acceptors (Lipinski definition) is 6. The van der Waals surface area contributed by atoms with Crippen LogP contribution in [0.3, 0.4) is 0 Å². The number of ether oxygens (including phenoxy) is 2. The molecule has 0 amide bonds. The third kappa shape index (κ3) is 2.78. The fourth-order valence-corrected chi connectivity index (χ4v) is 2.21. The fraction of sp³-hybridized carbons (Fsp3) is 0.308. The van der Waals surface area contributed by atoms with Gasteiger partial charge in [0.1, 0.15) is 5.92 Å². The van der Waals surface area contributed by atoms with Crippen LogP contribution in [0.2, 0.25) is 5.02 Å². The molecule has 21 heavy (non-hydrogen) atoms. The molecule has 7 nitrogen and oxygen atoms in total. The molecule has 8 heteroatoms. The third-order valence-electron chi connectivity index (χ3n) is 3.06. The van der Waals surface area contributed by atoms with E-state index in [0.717, 1.165) is 14.2 Å². The van der Waals surface area contributed by atoms with E-state index in [1.165, 1.54) is 0 Å². The summed E-state index contributed by atoms with van der Waals surface area (Å²) >= 11 is 5.81. The minimum atomic E-state index is -1.26. The van der Waals surface area contributed by atoms with Crippen molar-refractivity contribution < 1.29 is 28.8 Å². The number of methoxy groups -OCH3 is 2. The molecule has 112 valence electrons. The zero-order valence-electron chi connectivity index (χ0n) is 11.2. The zero-order valence-corrected chi connectivity index (χ0v) is 12.0. The third-order valence-corrected chi connectivity index (χ3v) is 3.31. The van der Waals surface area contributed by atoms with Gasteiger partial charge in [-0.3, -0.25) is 10.0 Å². The van der Waals surface area contributed by atoms with Crippen molar-refractivity contribution in [3.05, 3.63) is 40.1 Å². The first-order valence-corrected chi connectivity index (χ1v) is 6.30. The lowest BCUT2D eigenvalue weighted by Crippen LogP contribution is -2.33. The number of halogens is 1. The first-order valence-electron chi connectivity index (χ1n) is 5.92. The Kier molecular flexibility index (Phi) is 4.32. The van der Waals surface area contributed by atoms with Crippen LogP contribution in [0.25, 0.3) is 0 Å². The van der Waals surface area contributed by atoms with E-state index in [4.69, 9.17) is 16.4 Å². The molecule has 1 aromatic carbocycles. The van der Waals surface area contributed by atoms with Gasteiger partial charge >= 0.3 is 17.7 Å². The van der Waals surface area contributed by atoms with Crippen LogP contribution in [-0.2, 0) is 23.9 Å². The molecule has 0 spiro atoms. The topological polar surface area (TPSA) is 87.9 Å². The lowest BCUT2D eigenvalue weighted by molar-refractivity contribution is -0.736. The Labute approximate surface area is 125 Å². The SMILES string of the molecule is COC(=O)C1=[N+]([O-])O[C@@H](C(=O)OC)[C@@H]1c1ccc(Cl)cc1. The highest BCUT2D eigenvalue weighted by molar-refractivity contribution is 6.37. The molecule has 0 saturated heterocycles. The number of rotatable bonds is 3. The Balaban J connectivity index is 2.48. The molecule has 0 fully saturated rings. The monoisotopic (exact) mass is 313 g/mol. The van der Waals surface area contributed by atoms with E-state index in [1.807, 2.05) is 0 Å². The number of esters is 2. The Hall–Kier alpha value is -2.28. The van der Waals surface area contributed by atoms with Gasteiger partial charge in [-0.1, -0.05) is 23.7 Å². The number of benzene rings is 1. The van der Waals surface area contributed by atoms with Crippen LogP contribution in [-0.4, -0.2) is 42.9 Å². The van der Waals surface area contributed by atoms with Gasteiger partial charge in [0.2, 0.25) is 0 Å². The summed E-state index contributed by atoms with van der Waals surface area (Å²) in [5.74, 6) is -2.58. The van der Waals surface area contributed by atoms with E-state index in [0.29, 0.717) is 10.6 Å². The van der Waals surface area contributed by atoms with Gasteiger partial charge in [0.05, 0.1) is 19.1 Å². The van der Waals surface area contributed by atoms with Gasteiger partial charge in [0, 0.05) is 5.02 Å². The van der Waals surface area contributed by atoms with Crippen LogP contribution in [0, 0.1) is 5.21 Å². The Morgan fingerprint density at radius 1 is 1.24 bits per heavy atom. The quantitative estimate of drug-likeness (QED) is 0.612. The maximum Gasteiger partial charge on any atom is 0.405 e. The van der Waals surface area contributed by atoms with Crippen molar-refractivity contribution in [1.82, 2.24) is 0 Å². The van der Waals surface area contributed by atoms with Gasteiger partial charge in [-0.15, -0.1) is 0 Å². The van der Waals surface area contributed by atoms with E-state index in [1.54, 1.807) is 24.3 Å². The minimum Gasteiger partial charge on any atom is -0.468 e. The summed E-state index contributed by atoms with van der Waals surface area (Å²) in [6, 6.07) is 6.34. The van der Waals surface area contributed by atoms with Crippen LogP contribution in [0.4, 0.5) is 0 Å². The van der Waals surface area contributed by atoms with Gasteiger partial charge in [-0.2, -0.15) is 0 Å². The van der Waals surface area contributed by atoms with Crippen LogP contribution < -0.4 is 0 Å². The van der Waals surface area contributed by atoms with Crippen LogP contribution >= 0.6 is 11.6 Å². The van der Waals surface area contributed by atoms with E-state index >= 15 is 0 Å². The van der Waals surface area contributed by atoms with E-state index in [-0.39, 0.29) is 10.6 Å². The molecular formula is C13H12ClNO6. The Morgan fingerprint density at radius 2 is 1.86 bits per heavy atom. The predicted octanol–water partition coefficient (Wildman–Crippen LogP) is 1.03. The van der Waals surface area contributed by atoms with Crippen molar-refractivity contribution in [2.24, 2.45) is 0 Å². The normalized spacial score (nSPS) is 20.9. The molecular weight excluding hydrogens is 302 g/mol. The molecule has 1 heterocycles. The number of carbonyl (C=O) groups excluding carboxylic acids is 2. The molecule has 0 N–H and O–H groups in total. The van der Waals surface area contributed by atoms with E-state index in [9.17, 15) is 14.8 Å². The average Bonchev–Trinajstić information content (AvgIpc) is 2.84. The highest BCUT2D eigenvalue weighted by Crippen LogP contribution is 2.31. The second-order valence-corrected chi connectivity index (χ2v) is 4.65. The van der Waals surface area contributed by atoms with Gasteiger partial charge in [-0.05, 0) is 17.7 Å². The van der Waals surface area contributed by atoms with Crippen LogP contribution in [0.15, 0.2) is 24.3 Å². The summed E-state index contributed by atoms with van der Waals surface area (Å²) in [6.07, 6.45) is -1.26. The first kappa shape index (κ1) is 15.1. The highest BCUT2D eigenvalue weighted by Gasteiger charge is 2.50. The Bertz CT molecular complexity index is 597. The van der Waals surface area contributed by atoms with Gasteiger partial charge < -0.3 is 14.3 Å². The number of carbonyl (C=O) groups is 2. The average molecular weight is 314 g/mol. The summed E-state index contributed by atoms with van der Waals surface area (Å²) in [7, 11) is 2.30. The lowest BCUT2D eigenvalue weighted by atomic mass is 9.89. The van der Waals surface area contributed by atoms with Crippen LogP contribution in [0.1, 0.15) is 11.5 Å². The van der Waals surface area contributed by atoms with Gasteiger partial charge in [-0.25, -0.2) is 4.79 Å². The summed E-state index contributed by atoms with van der Waals surface area (Å²) in [5.41, 5.74) is 0.184. The number of nitrogens with zero attached hydrogens (tertiary/aromatic N) is 1. The molecule has 2 atom stereocenters. The fourth-order valence-electron chi connectivity index (χ4n) is 2.08. The van der Waals surface area contributed by atoms with Crippen molar-refractivity contribution >= 4 is 29.3 Å². The summed E-state index contributed by atoms with van der Waals surface area (Å²) in [4.78, 5) is 28.4. The molecule has 2 rings (SSSR count). The molecule has 1 aromatic rings.